The molecule has 3 amide bonds. The van der Waals surface area contributed by atoms with Crippen molar-refractivity contribution in [2.75, 3.05) is 6.61 Å². The van der Waals surface area contributed by atoms with Crippen molar-refractivity contribution >= 4 is 28.7 Å². The number of carbonyl (C=O) groups is 3. The molecule has 1 aliphatic rings. The van der Waals surface area contributed by atoms with Crippen molar-refractivity contribution in [3.05, 3.63) is 40.8 Å². The smallest absolute Gasteiger partial charge is 0.336 e. The maximum atomic E-state index is 12.2. The second-order valence-electron chi connectivity index (χ2n) is 6.26. The highest BCUT2D eigenvalue weighted by Gasteiger charge is 2.40. The maximum absolute atomic E-state index is 12.2. The number of hydrogen-bond donors (Lipinski definition) is 1. The summed E-state index contributed by atoms with van der Waals surface area (Å²) in [6, 6.07) is 6.67. The number of carbonyl (C=O) groups excluding carboxylic acids is 3. The van der Waals surface area contributed by atoms with Gasteiger partial charge in [-0.2, -0.15) is 0 Å². The quantitative estimate of drug-likeness (QED) is 0.627. The molecule has 1 aromatic carbocycles. The van der Waals surface area contributed by atoms with Crippen LogP contribution in [0.1, 0.15) is 20.3 Å². The molecule has 0 bridgehead atoms. The molecule has 0 unspecified atom stereocenters. The lowest BCUT2D eigenvalue weighted by atomic mass is 10.2. The van der Waals surface area contributed by atoms with Crippen LogP contribution < -0.4 is 15.7 Å². The Morgan fingerprint density at radius 2 is 2.00 bits per heavy atom. The molecule has 2 aromatic rings. The van der Waals surface area contributed by atoms with E-state index in [1.165, 1.54) is 12.1 Å². The van der Waals surface area contributed by atoms with Gasteiger partial charge in [-0.1, -0.05) is 0 Å². The SMILES string of the molecule is CC(C)N1C(=O)C[C@H](NC(=O)COc2ccc3ccc(=O)oc3c2)C1=O. The van der Waals surface area contributed by atoms with Crippen LogP contribution in [0.15, 0.2) is 39.5 Å². The van der Waals surface area contributed by atoms with Gasteiger partial charge in [0.05, 0.1) is 6.42 Å². The third kappa shape index (κ3) is 3.58. The first-order chi connectivity index (χ1) is 12.3. The Morgan fingerprint density at radius 3 is 2.69 bits per heavy atom. The molecule has 0 radical (unpaired) electrons. The van der Waals surface area contributed by atoms with Crippen LogP contribution >= 0.6 is 0 Å². The Balaban J connectivity index is 1.60. The van der Waals surface area contributed by atoms with Gasteiger partial charge in [0.25, 0.3) is 11.8 Å². The largest absolute Gasteiger partial charge is 0.484 e. The molecule has 1 aliphatic heterocycles. The van der Waals surface area contributed by atoms with Crippen molar-refractivity contribution in [3.8, 4) is 5.75 Å². The lowest BCUT2D eigenvalue weighted by Gasteiger charge is -2.19. The van der Waals surface area contributed by atoms with E-state index in [4.69, 9.17) is 9.15 Å². The van der Waals surface area contributed by atoms with E-state index in [0.29, 0.717) is 11.3 Å². The number of hydrogen-bond acceptors (Lipinski definition) is 6. The Morgan fingerprint density at radius 1 is 1.27 bits per heavy atom. The van der Waals surface area contributed by atoms with Gasteiger partial charge in [-0.15, -0.1) is 0 Å². The molecule has 0 aliphatic carbocycles. The van der Waals surface area contributed by atoms with Gasteiger partial charge < -0.3 is 14.5 Å². The minimum absolute atomic E-state index is 0.0517. The molecule has 26 heavy (non-hydrogen) atoms. The van der Waals surface area contributed by atoms with Crippen molar-refractivity contribution in [3.63, 3.8) is 0 Å². The first-order valence-corrected chi connectivity index (χ1v) is 8.17. The fourth-order valence-electron chi connectivity index (χ4n) is 2.82. The van der Waals surface area contributed by atoms with Crippen LogP contribution in [0.25, 0.3) is 11.0 Å². The zero-order valence-corrected chi connectivity index (χ0v) is 14.4. The maximum Gasteiger partial charge on any atom is 0.336 e. The number of benzene rings is 1. The van der Waals surface area contributed by atoms with Gasteiger partial charge in [-0.3, -0.25) is 19.3 Å². The molecule has 1 N–H and O–H groups in total. The highest BCUT2D eigenvalue weighted by molar-refractivity contribution is 6.07. The van der Waals surface area contributed by atoms with Gasteiger partial charge in [0.1, 0.15) is 17.4 Å². The summed E-state index contributed by atoms with van der Waals surface area (Å²) in [4.78, 5) is 48.4. The van der Waals surface area contributed by atoms with E-state index < -0.39 is 23.5 Å². The zero-order valence-electron chi connectivity index (χ0n) is 14.4. The summed E-state index contributed by atoms with van der Waals surface area (Å²) in [5, 5.41) is 3.24. The van der Waals surface area contributed by atoms with Gasteiger partial charge in [-0.05, 0) is 32.0 Å². The number of likely N-dealkylation sites (tertiary alicyclic amines) is 1. The van der Waals surface area contributed by atoms with Crippen molar-refractivity contribution < 1.29 is 23.5 Å². The molecule has 1 aromatic heterocycles. The van der Waals surface area contributed by atoms with Crippen molar-refractivity contribution in [2.45, 2.75) is 32.4 Å². The Kier molecular flexibility index (Phi) is 4.75. The first kappa shape index (κ1) is 17.7. The van der Waals surface area contributed by atoms with E-state index in [0.717, 1.165) is 10.3 Å². The van der Waals surface area contributed by atoms with Gasteiger partial charge in [0, 0.05) is 23.6 Å². The molecule has 1 fully saturated rings. The fourth-order valence-corrected chi connectivity index (χ4v) is 2.82. The highest BCUT2D eigenvalue weighted by atomic mass is 16.5. The normalized spacial score (nSPS) is 17.2. The molecular formula is C18H18N2O6. The average Bonchev–Trinajstić information content (AvgIpc) is 2.86. The molecule has 1 atom stereocenters. The summed E-state index contributed by atoms with van der Waals surface area (Å²) in [5.41, 5.74) is -0.133. The van der Waals surface area contributed by atoms with E-state index in [-0.39, 0.29) is 25.0 Å². The molecule has 8 nitrogen and oxygen atoms in total. The van der Waals surface area contributed by atoms with E-state index in [9.17, 15) is 19.2 Å². The van der Waals surface area contributed by atoms with Gasteiger partial charge >= 0.3 is 5.63 Å². The van der Waals surface area contributed by atoms with Gasteiger partial charge in [-0.25, -0.2) is 4.79 Å². The molecule has 8 heteroatoms. The highest BCUT2D eigenvalue weighted by Crippen LogP contribution is 2.19. The number of nitrogens with zero attached hydrogens (tertiary/aromatic N) is 1. The Bertz CT molecular complexity index is 933. The Labute approximate surface area is 148 Å². The summed E-state index contributed by atoms with van der Waals surface area (Å²) in [6.07, 6.45) is -0.0517. The van der Waals surface area contributed by atoms with Crippen LogP contribution in [0.4, 0.5) is 0 Å². The standard InChI is InChI=1S/C18H18N2O6/c1-10(2)20-16(22)8-13(18(20)24)19-15(21)9-25-12-5-3-11-4-6-17(23)26-14(11)7-12/h3-7,10,13H,8-9H2,1-2H3,(H,19,21)/t13-/m0/s1. The van der Waals surface area contributed by atoms with Crippen LogP contribution in [-0.4, -0.2) is 41.3 Å². The van der Waals surface area contributed by atoms with Crippen LogP contribution in [0.3, 0.4) is 0 Å². The number of ether oxygens (including phenoxy) is 1. The van der Waals surface area contributed by atoms with Crippen LogP contribution in [0, 0.1) is 0 Å². The van der Waals surface area contributed by atoms with E-state index >= 15 is 0 Å². The summed E-state index contributed by atoms with van der Waals surface area (Å²) in [6.45, 7) is 3.14. The number of imide groups is 1. The number of nitrogens with one attached hydrogen (secondary N) is 1. The van der Waals surface area contributed by atoms with Crippen LogP contribution in [-0.2, 0) is 14.4 Å². The predicted octanol–water partition coefficient (Wildman–Crippen LogP) is 0.824. The van der Waals surface area contributed by atoms with Crippen LogP contribution in [0.5, 0.6) is 5.75 Å². The summed E-state index contributed by atoms with van der Waals surface area (Å²) >= 11 is 0. The average molecular weight is 358 g/mol. The lowest BCUT2D eigenvalue weighted by molar-refractivity contribution is -0.141. The Hall–Kier alpha value is -3.16. The van der Waals surface area contributed by atoms with Gasteiger partial charge in [0.2, 0.25) is 5.91 Å². The van der Waals surface area contributed by atoms with Crippen LogP contribution in [0.2, 0.25) is 0 Å². The topological polar surface area (TPSA) is 106 Å². The number of amides is 3. The molecule has 2 heterocycles. The number of rotatable bonds is 5. The third-order valence-electron chi connectivity index (χ3n) is 4.00. The molecule has 0 saturated carbocycles. The minimum Gasteiger partial charge on any atom is -0.484 e. The molecular weight excluding hydrogens is 340 g/mol. The first-order valence-electron chi connectivity index (χ1n) is 8.17. The monoisotopic (exact) mass is 358 g/mol. The summed E-state index contributed by atoms with van der Waals surface area (Å²) < 4.78 is 10.4. The van der Waals surface area contributed by atoms with E-state index in [1.54, 1.807) is 32.0 Å². The minimum atomic E-state index is -0.865. The van der Waals surface area contributed by atoms with E-state index in [2.05, 4.69) is 5.32 Å². The second kappa shape index (κ2) is 6.99. The second-order valence-corrected chi connectivity index (χ2v) is 6.26. The molecule has 1 saturated heterocycles. The van der Waals surface area contributed by atoms with Crippen molar-refractivity contribution in [1.82, 2.24) is 10.2 Å². The molecule has 3 rings (SSSR count). The van der Waals surface area contributed by atoms with E-state index in [1.807, 2.05) is 0 Å². The summed E-state index contributed by atoms with van der Waals surface area (Å²) in [7, 11) is 0. The lowest BCUT2D eigenvalue weighted by Crippen LogP contribution is -2.45. The molecule has 136 valence electrons. The van der Waals surface area contributed by atoms with Crippen molar-refractivity contribution in [2.24, 2.45) is 0 Å². The van der Waals surface area contributed by atoms with Crippen molar-refractivity contribution in [1.29, 1.82) is 0 Å². The zero-order chi connectivity index (χ0) is 18.8. The predicted molar refractivity (Wildman–Crippen MR) is 91.5 cm³/mol. The molecule has 0 spiro atoms. The summed E-state index contributed by atoms with van der Waals surface area (Å²) in [5.74, 6) is -0.886. The number of fused-ring (bicyclic) bond motifs is 1. The van der Waals surface area contributed by atoms with Gasteiger partial charge in [0.15, 0.2) is 6.61 Å². The third-order valence-corrected chi connectivity index (χ3v) is 4.00. The fraction of sp³-hybridized carbons (Fsp3) is 0.333.